The van der Waals surface area contributed by atoms with Crippen molar-refractivity contribution in [3.63, 3.8) is 0 Å². The van der Waals surface area contributed by atoms with Crippen molar-refractivity contribution in [3.05, 3.63) is 0 Å². The van der Waals surface area contributed by atoms with Crippen LogP contribution in [0.15, 0.2) is 4.99 Å². The minimum atomic E-state index is 0.154. The first-order chi connectivity index (χ1) is 10.1. The van der Waals surface area contributed by atoms with Gasteiger partial charge in [0.1, 0.15) is 0 Å². The van der Waals surface area contributed by atoms with E-state index in [-0.39, 0.29) is 5.54 Å². The molecule has 6 heteroatoms. The predicted octanol–water partition coefficient (Wildman–Crippen LogP) is 0.689. The fourth-order valence-corrected chi connectivity index (χ4v) is 2.53. The number of nitrogens with zero attached hydrogens (tertiary/aromatic N) is 2. The molecule has 1 saturated heterocycles. The first-order valence-electron chi connectivity index (χ1n) is 7.92. The Morgan fingerprint density at radius 3 is 2.57 bits per heavy atom. The minimum Gasteiger partial charge on any atom is -0.382 e. The van der Waals surface area contributed by atoms with Crippen molar-refractivity contribution in [2.45, 2.75) is 31.7 Å². The van der Waals surface area contributed by atoms with Gasteiger partial charge in [0.05, 0.1) is 0 Å². The molecular formula is C15H32N4O2. The third-order valence-electron chi connectivity index (χ3n) is 4.14. The van der Waals surface area contributed by atoms with E-state index < -0.39 is 0 Å². The molecule has 0 aromatic rings. The Hall–Kier alpha value is -0.850. The molecule has 1 aliphatic rings. The normalized spacial score (nSPS) is 18.8. The van der Waals surface area contributed by atoms with Gasteiger partial charge < -0.3 is 25.0 Å². The highest BCUT2D eigenvalue weighted by molar-refractivity contribution is 5.79. The van der Waals surface area contributed by atoms with Crippen LogP contribution in [-0.2, 0) is 9.47 Å². The van der Waals surface area contributed by atoms with Gasteiger partial charge in [-0.05, 0) is 40.3 Å². The molecule has 0 aliphatic carbocycles. The van der Waals surface area contributed by atoms with Gasteiger partial charge in [0, 0.05) is 52.1 Å². The molecule has 0 atom stereocenters. The lowest BCUT2D eigenvalue weighted by Crippen LogP contribution is -2.57. The number of hydrogen-bond acceptors (Lipinski definition) is 4. The Bertz CT molecular complexity index is 302. The summed E-state index contributed by atoms with van der Waals surface area (Å²) in [6.07, 6.45) is 3.09. The Morgan fingerprint density at radius 1 is 1.29 bits per heavy atom. The zero-order chi connectivity index (χ0) is 15.6. The van der Waals surface area contributed by atoms with Gasteiger partial charge in [-0.15, -0.1) is 0 Å². The van der Waals surface area contributed by atoms with E-state index >= 15 is 0 Å². The van der Waals surface area contributed by atoms with Crippen LogP contribution in [0.5, 0.6) is 0 Å². The van der Waals surface area contributed by atoms with E-state index in [0.29, 0.717) is 0 Å². The Morgan fingerprint density at radius 2 is 2.00 bits per heavy atom. The van der Waals surface area contributed by atoms with Gasteiger partial charge >= 0.3 is 0 Å². The van der Waals surface area contributed by atoms with E-state index in [9.17, 15) is 0 Å². The molecule has 21 heavy (non-hydrogen) atoms. The molecule has 0 radical (unpaired) electrons. The molecule has 1 aliphatic heterocycles. The molecule has 1 rings (SSSR count). The second-order valence-corrected chi connectivity index (χ2v) is 5.63. The lowest BCUT2D eigenvalue weighted by molar-refractivity contribution is -0.00501. The largest absolute Gasteiger partial charge is 0.382 e. The van der Waals surface area contributed by atoms with Gasteiger partial charge in [-0.25, -0.2) is 0 Å². The number of guanidine groups is 1. The summed E-state index contributed by atoms with van der Waals surface area (Å²) in [6, 6.07) is 0. The zero-order valence-corrected chi connectivity index (χ0v) is 14.1. The Balaban J connectivity index is 2.35. The number of likely N-dealkylation sites (N-methyl/N-ethyl adjacent to an activating group) is 1. The summed E-state index contributed by atoms with van der Waals surface area (Å²) < 4.78 is 10.8. The molecule has 0 amide bonds. The van der Waals surface area contributed by atoms with Crippen LogP contribution in [0.1, 0.15) is 26.2 Å². The van der Waals surface area contributed by atoms with Crippen LogP contribution >= 0.6 is 0 Å². The molecular weight excluding hydrogens is 268 g/mol. The van der Waals surface area contributed by atoms with E-state index in [2.05, 4.69) is 34.6 Å². The monoisotopic (exact) mass is 300 g/mol. The van der Waals surface area contributed by atoms with Crippen LogP contribution in [0.2, 0.25) is 0 Å². The molecule has 124 valence electrons. The van der Waals surface area contributed by atoms with Crippen molar-refractivity contribution in [2.75, 3.05) is 60.7 Å². The smallest absolute Gasteiger partial charge is 0.191 e. The molecule has 1 fully saturated rings. The average molecular weight is 300 g/mol. The van der Waals surface area contributed by atoms with Crippen molar-refractivity contribution >= 4 is 5.96 Å². The highest BCUT2D eigenvalue weighted by Gasteiger charge is 2.34. The summed E-state index contributed by atoms with van der Waals surface area (Å²) in [6.45, 7) is 7.01. The fourth-order valence-electron chi connectivity index (χ4n) is 2.53. The number of aliphatic imine (C=N–C) groups is 1. The molecule has 0 saturated carbocycles. The molecule has 0 aromatic heterocycles. The van der Waals surface area contributed by atoms with Crippen molar-refractivity contribution in [1.29, 1.82) is 0 Å². The highest BCUT2D eigenvalue weighted by Crippen LogP contribution is 2.24. The number of rotatable bonds is 8. The topological polar surface area (TPSA) is 58.1 Å². The first kappa shape index (κ1) is 18.2. The second-order valence-electron chi connectivity index (χ2n) is 5.63. The van der Waals surface area contributed by atoms with Crippen molar-refractivity contribution < 1.29 is 9.47 Å². The fraction of sp³-hybridized carbons (Fsp3) is 0.933. The standard InChI is InChI=1S/C15H32N4O2/c1-5-20-10-6-9-17-14(16-2)18-13-15(19(3)4)7-11-21-12-8-15/h5-13H2,1-4H3,(H2,16,17,18). The van der Waals surface area contributed by atoms with Crippen molar-refractivity contribution in [2.24, 2.45) is 4.99 Å². The van der Waals surface area contributed by atoms with E-state index in [1.165, 1.54) is 0 Å². The van der Waals surface area contributed by atoms with Crippen LogP contribution in [0.25, 0.3) is 0 Å². The van der Waals surface area contributed by atoms with E-state index in [4.69, 9.17) is 9.47 Å². The van der Waals surface area contributed by atoms with E-state index in [0.717, 1.165) is 64.7 Å². The maximum Gasteiger partial charge on any atom is 0.191 e. The van der Waals surface area contributed by atoms with Gasteiger partial charge in [-0.3, -0.25) is 4.99 Å². The minimum absolute atomic E-state index is 0.154. The van der Waals surface area contributed by atoms with Crippen LogP contribution in [-0.4, -0.2) is 77.1 Å². The van der Waals surface area contributed by atoms with Gasteiger partial charge in [0.25, 0.3) is 0 Å². The summed E-state index contributed by atoms with van der Waals surface area (Å²) in [5.41, 5.74) is 0.154. The summed E-state index contributed by atoms with van der Waals surface area (Å²) in [5, 5.41) is 6.79. The molecule has 0 aromatic carbocycles. The molecule has 2 N–H and O–H groups in total. The molecule has 6 nitrogen and oxygen atoms in total. The third kappa shape index (κ3) is 6.20. The van der Waals surface area contributed by atoms with E-state index in [1.54, 1.807) is 0 Å². The Labute approximate surface area is 129 Å². The molecule has 0 bridgehead atoms. The highest BCUT2D eigenvalue weighted by atomic mass is 16.5. The van der Waals surface area contributed by atoms with Gasteiger partial charge in [-0.2, -0.15) is 0 Å². The lowest BCUT2D eigenvalue weighted by Gasteiger charge is -2.43. The summed E-state index contributed by atoms with van der Waals surface area (Å²) in [5.74, 6) is 0.860. The number of nitrogens with one attached hydrogen (secondary N) is 2. The lowest BCUT2D eigenvalue weighted by atomic mass is 9.88. The quantitative estimate of drug-likeness (QED) is 0.392. The maximum atomic E-state index is 5.50. The van der Waals surface area contributed by atoms with Crippen LogP contribution in [0.3, 0.4) is 0 Å². The molecule has 1 heterocycles. The molecule has 0 unspecified atom stereocenters. The first-order valence-corrected chi connectivity index (χ1v) is 7.92. The second kappa shape index (κ2) is 9.97. The third-order valence-corrected chi connectivity index (χ3v) is 4.14. The van der Waals surface area contributed by atoms with Crippen LogP contribution in [0, 0.1) is 0 Å². The summed E-state index contributed by atoms with van der Waals surface area (Å²) in [7, 11) is 6.10. The van der Waals surface area contributed by atoms with E-state index in [1.807, 2.05) is 14.0 Å². The zero-order valence-electron chi connectivity index (χ0n) is 14.1. The average Bonchev–Trinajstić information content (AvgIpc) is 2.51. The maximum absolute atomic E-state index is 5.50. The van der Waals surface area contributed by atoms with Gasteiger partial charge in [0.15, 0.2) is 5.96 Å². The summed E-state index contributed by atoms with van der Waals surface area (Å²) in [4.78, 5) is 6.59. The van der Waals surface area contributed by atoms with Crippen LogP contribution in [0.4, 0.5) is 0 Å². The van der Waals surface area contributed by atoms with Crippen molar-refractivity contribution in [3.8, 4) is 0 Å². The SMILES string of the molecule is CCOCCCNC(=NC)NCC1(N(C)C)CCOCC1. The predicted molar refractivity (Wildman–Crippen MR) is 86.9 cm³/mol. The van der Waals surface area contributed by atoms with Crippen LogP contribution < -0.4 is 10.6 Å². The van der Waals surface area contributed by atoms with Gasteiger partial charge in [-0.1, -0.05) is 0 Å². The van der Waals surface area contributed by atoms with Crippen molar-refractivity contribution in [1.82, 2.24) is 15.5 Å². The Kier molecular flexibility index (Phi) is 8.64. The molecule has 0 spiro atoms. The number of hydrogen-bond donors (Lipinski definition) is 2. The van der Waals surface area contributed by atoms with Gasteiger partial charge in [0.2, 0.25) is 0 Å². The summed E-state index contributed by atoms with van der Waals surface area (Å²) >= 11 is 0. The number of ether oxygens (including phenoxy) is 2.